The van der Waals surface area contributed by atoms with E-state index in [4.69, 9.17) is 9.47 Å². The van der Waals surface area contributed by atoms with Gasteiger partial charge < -0.3 is 14.8 Å². The van der Waals surface area contributed by atoms with Crippen molar-refractivity contribution in [2.75, 3.05) is 5.32 Å². The molecule has 0 aliphatic carbocycles. The number of para-hydroxylation sites is 1. The highest BCUT2D eigenvalue weighted by atomic mass is 16.6. The molecule has 1 N–H and O–H groups in total. The Hall–Kier alpha value is -4.39. The van der Waals surface area contributed by atoms with E-state index in [0.717, 1.165) is 17.1 Å². The minimum atomic E-state index is -0.689. The lowest BCUT2D eigenvalue weighted by molar-refractivity contribution is 0.00707. The Morgan fingerprint density at radius 3 is 2.28 bits per heavy atom. The molecule has 7 heteroatoms. The zero-order chi connectivity index (χ0) is 25.9. The number of ether oxygens (including phenoxy) is 2. The van der Waals surface area contributed by atoms with E-state index < -0.39 is 11.6 Å². The fraction of sp³-hybridized carbons (Fsp3) is 0.207. The summed E-state index contributed by atoms with van der Waals surface area (Å²) in [6, 6.07) is 23.3. The summed E-state index contributed by atoms with van der Waals surface area (Å²) in [5, 5.41) is 7.36. The number of carbonyl (C=O) groups excluding carboxylic acids is 2. The second-order valence-corrected chi connectivity index (χ2v) is 9.47. The fourth-order valence-corrected chi connectivity index (χ4v) is 3.69. The Labute approximate surface area is 210 Å². The fourth-order valence-electron chi connectivity index (χ4n) is 3.69. The molecule has 3 aromatic carbocycles. The van der Waals surface area contributed by atoms with Gasteiger partial charge in [-0.1, -0.05) is 24.3 Å². The molecule has 184 valence electrons. The van der Waals surface area contributed by atoms with Crippen molar-refractivity contribution in [2.45, 2.75) is 40.2 Å². The highest BCUT2D eigenvalue weighted by molar-refractivity contribution is 6.08. The quantitative estimate of drug-likeness (QED) is 0.317. The molecule has 0 atom stereocenters. The zero-order valence-corrected chi connectivity index (χ0v) is 21.0. The molecule has 0 saturated heterocycles. The number of nitrogens with zero attached hydrogens (tertiary/aromatic N) is 2. The van der Waals surface area contributed by atoms with Crippen molar-refractivity contribution < 1.29 is 19.1 Å². The average Bonchev–Trinajstić information content (AvgIpc) is 3.16. The molecular weight excluding hydrogens is 454 g/mol. The number of nitrogens with one attached hydrogen (secondary N) is 1. The molecule has 0 aliphatic heterocycles. The molecule has 0 unspecified atom stereocenters. The SMILES string of the molecule is Cc1cc(C)n(-c2cccc(C(=O)Nc3cc(Oc4ccccc4)ccc3C(=O)OC(C)(C)C)c2)n1. The molecule has 0 fully saturated rings. The third-order valence-electron chi connectivity index (χ3n) is 5.20. The number of amides is 1. The van der Waals surface area contributed by atoms with Crippen LogP contribution in [0.5, 0.6) is 11.5 Å². The van der Waals surface area contributed by atoms with Gasteiger partial charge in [-0.25, -0.2) is 9.48 Å². The van der Waals surface area contributed by atoms with Crippen LogP contribution in [0.2, 0.25) is 0 Å². The van der Waals surface area contributed by atoms with Crippen LogP contribution in [0.3, 0.4) is 0 Å². The second kappa shape index (κ2) is 10.1. The van der Waals surface area contributed by atoms with Crippen molar-refractivity contribution in [3.05, 3.63) is 101 Å². The number of esters is 1. The monoisotopic (exact) mass is 483 g/mol. The maximum atomic E-state index is 13.3. The van der Waals surface area contributed by atoms with Gasteiger partial charge in [0.15, 0.2) is 0 Å². The van der Waals surface area contributed by atoms with Crippen LogP contribution in [0.4, 0.5) is 5.69 Å². The normalized spacial score (nSPS) is 11.1. The Morgan fingerprint density at radius 1 is 0.861 bits per heavy atom. The minimum Gasteiger partial charge on any atom is -0.457 e. The van der Waals surface area contributed by atoms with Crippen molar-refractivity contribution in [1.82, 2.24) is 9.78 Å². The molecule has 1 amide bonds. The van der Waals surface area contributed by atoms with Gasteiger partial charge in [0.25, 0.3) is 5.91 Å². The lowest BCUT2D eigenvalue weighted by atomic mass is 10.1. The first kappa shape index (κ1) is 24.7. The van der Waals surface area contributed by atoms with Gasteiger partial charge in [-0.2, -0.15) is 5.10 Å². The highest BCUT2D eigenvalue weighted by Crippen LogP contribution is 2.29. The Balaban J connectivity index is 1.66. The van der Waals surface area contributed by atoms with Crippen LogP contribution in [0, 0.1) is 13.8 Å². The molecular formula is C29H29N3O4. The number of aromatic nitrogens is 2. The molecule has 36 heavy (non-hydrogen) atoms. The predicted octanol–water partition coefficient (Wildman–Crippen LogP) is 6.49. The third kappa shape index (κ3) is 5.99. The maximum absolute atomic E-state index is 13.3. The van der Waals surface area contributed by atoms with Gasteiger partial charge in [0.2, 0.25) is 0 Å². The molecule has 0 aliphatic rings. The van der Waals surface area contributed by atoms with Gasteiger partial charge in [-0.15, -0.1) is 0 Å². The van der Waals surface area contributed by atoms with Gasteiger partial charge in [0, 0.05) is 17.3 Å². The lowest BCUT2D eigenvalue weighted by Gasteiger charge is -2.21. The Morgan fingerprint density at radius 2 is 1.61 bits per heavy atom. The summed E-state index contributed by atoms with van der Waals surface area (Å²) in [6.45, 7) is 9.25. The van der Waals surface area contributed by atoms with Gasteiger partial charge in [-0.3, -0.25) is 4.79 Å². The molecule has 0 spiro atoms. The number of benzene rings is 3. The summed E-state index contributed by atoms with van der Waals surface area (Å²) < 4.78 is 13.3. The number of aryl methyl sites for hydroxylation is 2. The molecule has 7 nitrogen and oxygen atoms in total. The van der Waals surface area contributed by atoms with E-state index in [-0.39, 0.29) is 11.5 Å². The summed E-state index contributed by atoms with van der Waals surface area (Å²) in [5.74, 6) is 0.193. The lowest BCUT2D eigenvalue weighted by Crippen LogP contribution is -2.25. The summed E-state index contributed by atoms with van der Waals surface area (Å²) in [6.07, 6.45) is 0. The molecule has 0 radical (unpaired) electrons. The van der Waals surface area contributed by atoms with Gasteiger partial charge >= 0.3 is 5.97 Å². The van der Waals surface area contributed by atoms with E-state index in [2.05, 4.69) is 10.4 Å². The molecule has 0 saturated carbocycles. The van der Waals surface area contributed by atoms with Crippen LogP contribution in [-0.2, 0) is 4.74 Å². The maximum Gasteiger partial charge on any atom is 0.340 e. The average molecular weight is 484 g/mol. The van der Waals surface area contributed by atoms with E-state index >= 15 is 0 Å². The molecule has 4 aromatic rings. The summed E-state index contributed by atoms with van der Waals surface area (Å²) in [4.78, 5) is 26.2. The van der Waals surface area contributed by atoms with Crippen LogP contribution < -0.4 is 10.1 Å². The van der Waals surface area contributed by atoms with E-state index in [1.807, 2.05) is 56.3 Å². The number of hydrogen-bond acceptors (Lipinski definition) is 5. The van der Waals surface area contributed by atoms with E-state index in [9.17, 15) is 9.59 Å². The topological polar surface area (TPSA) is 82.5 Å². The standard InChI is InChI=1S/C29H29N3O4/c1-19-16-20(2)32(31-19)22-11-9-10-21(17-22)27(33)30-26-18-24(35-23-12-7-6-8-13-23)14-15-25(26)28(34)36-29(3,4)5/h6-18H,1-5H3,(H,30,33). The first-order valence-corrected chi connectivity index (χ1v) is 11.6. The largest absolute Gasteiger partial charge is 0.457 e. The molecule has 0 bridgehead atoms. The van der Waals surface area contributed by atoms with Gasteiger partial charge in [-0.05, 0) is 83.1 Å². The van der Waals surface area contributed by atoms with Crippen molar-refractivity contribution in [1.29, 1.82) is 0 Å². The van der Waals surface area contributed by atoms with Crippen LogP contribution in [0.15, 0.2) is 78.9 Å². The molecule has 4 rings (SSSR count). The van der Waals surface area contributed by atoms with Crippen molar-refractivity contribution >= 4 is 17.6 Å². The number of anilines is 1. The Bertz CT molecular complexity index is 1400. The number of rotatable bonds is 6. The van der Waals surface area contributed by atoms with E-state index in [1.54, 1.807) is 61.9 Å². The summed E-state index contributed by atoms with van der Waals surface area (Å²) >= 11 is 0. The molecule has 1 aromatic heterocycles. The first-order valence-electron chi connectivity index (χ1n) is 11.6. The molecule has 1 heterocycles. The van der Waals surface area contributed by atoms with Crippen LogP contribution in [0.25, 0.3) is 5.69 Å². The summed E-state index contributed by atoms with van der Waals surface area (Å²) in [5.41, 5.74) is 2.87. The van der Waals surface area contributed by atoms with E-state index in [1.165, 1.54) is 0 Å². The minimum absolute atomic E-state index is 0.230. The highest BCUT2D eigenvalue weighted by Gasteiger charge is 2.22. The van der Waals surface area contributed by atoms with Gasteiger partial charge in [0.05, 0.1) is 22.6 Å². The predicted molar refractivity (Wildman–Crippen MR) is 139 cm³/mol. The van der Waals surface area contributed by atoms with Crippen molar-refractivity contribution in [3.8, 4) is 17.2 Å². The van der Waals surface area contributed by atoms with Crippen LogP contribution in [0.1, 0.15) is 52.9 Å². The number of carbonyl (C=O) groups is 2. The number of hydrogen-bond donors (Lipinski definition) is 1. The smallest absolute Gasteiger partial charge is 0.340 e. The first-order chi connectivity index (χ1) is 17.1. The van der Waals surface area contributed by atoms with Crippen LogP contribution >= 0.6 is 0 Å². The second-order valence-electron chi connectivity index (χ2n) is 9.47. The zero-order valence-electron chi connectivity index (χ0n) is 21.0. The van der Waals surface area contributed by atoms with E-state index in [0.29, 0.717) is 22.7 Å². The van der Waals surface area contributed by atoms with Gasteiger partial charge in [0.1, 0.15) is 17.1 Å². The summed E-state index contributed by atoms with van der Waals surface area (Å²) in [7, 11) is 0. The van der Waals surface area contributed by atoms with Crippen LogP contribution in [-0.4, -0.2) is 27.3 Å². The third-order valence-corrected chi connectivity index (χ3v) is 5.20. The van der Waals surface area contributed by atoms with Crippen molar-refractivity contribution in [2.24, 2.45) is 0 Å². The Kier molecular flexibility index (Phi) is 6.92. The van der Waals surface area contributed by atoms with Crippen molar-refractivity contribution in [3.63, 3.8) is 0 Å².